The van der Waals surface area contributed by atoms with Crippen molar-refractivity contribution in [1.82, 2.24) is 20.2 Å². The predicted molar refractivity (Wildman–Crippen MR) is 194 cm³/mol. The molecule has 2 N–H and O–H groups in total. The number of aromatic nitrogens is 2. The van der Waals surface area contributed by atoms with Crippen molar-refractivity contribution in [3.8, 4) is 11.4 Å². The van der Waals surface area contributed by atoms with Crippen LogP contribution in [0.15, 0.2) is 54.9 Å². The lowest BCUT2D eigenvalue weighted by atomic mass is 9.67. The number of nitrogens with zero attached hydrogens (tertiary/aromatic N) is 3. The Morgan fingerprint density at radius 1 is 0.959 bits per heavy atom. The number of amides is 2. The lowest BCUT2D eigenvalue weighted by Crippen LogP contribution is -2.59. The zero-order valence-corrected chi connectivity index (χ0v) is 30.3. The number of carboxylic acid groups (broad SMARTS) is 1. The Hall–Kier alpha value is -3.85. The second-order valence-electron chi connectivity index (χ2n) is 16.2. The molecule has 2 fully saturated rings. The van der Waals surface area contributed by atoms with Gasteiger partial charge in [-0.25, -0.2) is 9.97 Å². The second-order valence-corrected chi connectivity index (χ2v) is 17.3. The van der Waals surface area contributed by atoms with E-state index in [9.17, 15) is 19.5 Å². The van der Waals surface area contributed by atoms with Crippen LogP contribution in [-0.2, 0) is 21.4 Å². The number of carbonyl (C=O) groups excluding carboxylic acids is 2. The molecule has 9 heteroatoms. The molecule has 2 aliphatic carbocycles. The first kappa shape index (κ1) is 35.0. The number of hydrogen-bond donors (Lipinski definition) is 2. The summed E-state index contributed by atoms with van der Waals surface area (Å²) in [5.74, 6) is 0.243. The van der Waals surface area contributed by atoms with Crippen LogP contribution in [0.3, 0.4) is 0 Å². The minimum Gasteiger partial charge on any atom is -0.481 e. The van der Waals surface area contributed by atoms with Gasteiger partial charge < -0.3 is 15.3 Å². The molecule has 1 aliphatic heterocycles. The third kappa shape index (κ3) is 8.31. The number of rotatable bonds is 9. The summed E-state index contributed by atoms with van der Waals surface area (Å²) >= 11 is 1.42. The van der Waals surface area contributed by atoms with E-state index in [0.717, 1.165) is 46.2 Å². The SMILES string of the molecule is CC1(C)CCC(C2CC=C(c3cnc(-c4ccc(C[C@H](NC(=O)c5ccc(C(C)(C)C)s5)C(=O)N5CC(C(=O)O)C5)cc4)nc3)CC2)CC1. The molecule has 1 unspecified atom stereocenters. The number of thiophene rings is 1. The summed E-state index contributed by atoms with van der Waals surface area (Å²) in [5.41, 5.74) is 4.61. The van der Waals surface area contributed by atoms with E-state index in [1.165, 1.54) is 53.9 Å². The molecule has 3 heterocycles. The minimum absolute atomic E-state index is 0.0867. The van der Waals surface area contributed by atoms with Crippen LogP contribution >= 0.6 is 11.3 Å². The number of nitrogens with one attached hydrogen (secondary N) is 1. The molecule has 2 aromatic heterocycles. The average Bonchev–Trinajstić information content (AvgIpc) is 3.56. The molecule has 49 heavy (non-hydrogen) atoms. The number of carbonyl (C=O) groups is 3. The van der Waals surface area contributed by atoms with Gasteiger partial charge in [0.1, 0.15) is 6.04 Å². The van der Waals surface area contributed by atoms with E-state index in [-0.39, 0.29) is 36.7 Å². The van der Waals surface area contributed by atoms with Gasteiger partial charge in [0.15, 0.2) is 5.82 Å². The summed E-state index contributed by atoms with van der Waals surface area (Å²) in [7, 11) is 0. The van der Waals surface area contributed by atoms with Crippen LogP contribution in [0.1, 0.15) is 105 Å². The summed E-state index contributed by atoms with van der Waals surface area (Å²) in [5, 5.41) is 12.3. The van der Waals surface area contributed by atoms with Gasteiger partial charge in [0.05, 0.1) is 10.8 Å². The molecular formula is C40H50N4O4S. The van der Waals surface area contributed by atoms with Crippen molar-refractivity contribution in [3.63, 3.8) is 0 Å². The Morgan fingerprint density at radius 2 is 1.63 bits per heavy atom. The van der Waals surface area contributed by atoms with Crippen molar-refractivity contribution in [2.24, 2.45) is 23.2 Å². The summed E-state index contributed by atoms with van der Waals surface area (Å²) in [6.45, 7) is 11.4. The maximum absolute atomic E-state index is 13.5. The van der Waals surface area contributed by atoms with Crippen LogP contribution < -0.4 is 5.32 Å². The molecule has 3 aromatic rings. The first-order valence-electron chi connectivity index (χ1n) is 17.8. The van der Waals surface area contributed by atoms with Crippen LogP contribution in [0, 0.1) is 23.2 Å². The van der Waals surface area contributed by atoms with Gasteiger partial charge >= 0.3 is 5.97 Å². The summed E-state index contributed by atoms with van der Waals surface area (Å²) in [6, 6.07) is 10.7. The number of carboxylic acids is 1. The highest BCUT2D eigenvalue weighted by molar-refractivity contribution is 7.14. The van der Waals surface area contributed by atoms with Crippen molar-refractivity contribution < 1.29 is 19.5 Å². The van der Waals surface area contributed by atoms with E-state index in [1.54, 1.807) is 6.07 Å². The quantitative estimate of drug-likeness (QED) is 0.238. The van der Waals surface area contributed by atoms with Gasteiger partial charge in [0.2, 0.25) is 5.91 Å². The Balaban J connectivity index is 1.09. The van der Waals surface area contributed by atoms with Crippen LogP contribution in [0.25, 0.3) is 17.0 Å². The van der Waals surface area contributed by atoms with Crippen molar-refractivity contribution in [2.75, 3.05) is 13.1 Å². The molecule has 2 atom stereocenters. The monoisotopic (exact) mass is 682 g/mol. The number of aliphatic carboxylic acids is 1. The zero-order chi connectivity index (χ0) is 34.9. The number of allylic oxidation sites excluding steroid dienone is 2. The number of likely N-dealkylation sites (tertiary alicyclic amines) is 1. The largest absolute Gasteiger partial charge is 0.481 e. The van der Waals surface area contributed by atoms with E-state index in [0.29, 0.717) is 16.1 Å². The smallest absolute Gasteiger partial charge is 0.310 e. The molecule has 1 aromatic carbocycles. The molecule has 3 aliphatic rings. The first-order chi connectivity index (χ1) is 23.3. The van der Waals surface area contributed by atoms with Crippen molar-refractivity contribution in [2.45, 2.75) is 97.4 Å². The molecular weight excluding hydrogens is 633 g/mol. The van der Waals surface area contributed by atoms with Gasteiger partial charge in [-0.3, -0.25) is 14.4 Å². The molecule has 0 radical (unpaired) electrons. The van der Waals surface area contributed by atoms with Crippen LogP contribution in [0.2, 0.25) is 0 Å². The van der Waals surface area contributed by atoms with Crippen molar-refractivity contribution in [3.05, 3.63) is 75.7 Å². The van der Waals surface area contributed by atoms with Crippen molar-refractivity contribution in [1.29, 1.82) is 0 Å². The van der Waals surface area contributed by atoms with Crippen LogP contribution in [0.4, 0.5) is 0 Å². The van der Waals surface area contributed by atoms with E-state index in [1.807, 2.05) is 42.7 Å². The normalized spacial score (nSPS) is 20.6. The molecule has 1 saturated heterocycles. The molecule has 6 rings (SSSR count). The van der Waals surface area contributed by atoms with Gasteiger partial charge in [-0.05, 0) is 90.9 Å². The minimum atomic E-state index is -0.910. The van der Waals surface area contributed by atoms with Crippen LogP contribution in [0.5, 0.6) is 0 Å². The van der Waals surface area contributed by atoms with Gasteiger partial charge in [0, 0.05) is 47.9 Å². The van der Waals surface area contributed by atoms with Crippen molar-refractivity contribution >= 4 is 34.7 Å². The van der Waals surface area contributed by atoms with Crippen LogP contribution in [-0.4, -0.2) is 56.9 Å². The Labute approximate surface area is 294 Å². The van der Waals surface area contributed by atoms with E-state index in [2.05, 4.69) is 46.0 Å². The molecule has 260 valence electrons. The fourth-order valence-electron chi connectivity index (χ4n) is 7.43. The highest BCUT2D eigenvalue weighted by Crippen LogP contribution is 2.45. The molecule has 0 spiro atoms. The summed E-state index contributed by atoms with van der Waals surface area (Å²) in [6.07, 6.45) is 15.5. The average molecular weight is 683 g/mol. The number of benzene rings is 1. The van der Waals surface area contributed by atoms with E-state index >= 15 is 0 Å². The van der Waals surface area contributed by atoms with E-state index < -0.39 is 17.9 Å². The van der Waals surface area contributed by atoms with E-state index in [4.69, 9.17) is 9.97 Å². The summed E-state index contributed by atoms with van der Waals surface area (Å²) < 4.78 is 0. The maximum Gasteiger partial charge on any atom is 0.310 e. The molecule has 2 amide bonds. The topological polar surface area (TPSA) is 112 Å². The number of hydrogen-bond acceptors (Lipinski definition) is 6. The van der Waals surface area contributed by atoms with Gasteiger partial charge in [-0.2, -0.15) is 0 Å². The predicted octanol–water partition coefficient (Wildman–Crippen LogP) is 7.79. The molecule has 8 nitrogen and oxygen atoms in total. The Kier molecular flexibility index (Phi) is 10.1. The third-order valence-corrected chi connectivity index (χ3v) is 12.4. The highest BCUT2D eigenvalue weighted by Gasteiger charge is 2.39. The highest BCUT2D eigenvalue weighted by atomic mass is 32.1. The Morgan fingerprint density at radius 3 is 2.20 bits per heavy atom. The second kappa shape index (κ2) is 14.2. The fraction of sp³-hybridized carbons (Fsp3) is 0.525. The fourth-order valence-corrected chi connectivity index (χ4v) is 8.40. The van der Waals surface area contributed by atoms with Gasteiger partial charge in [-0.1, -0.05) is 65.0 Å². The van der Waals surface area contributed by atoms with Gasteiger partial charge in [0.25, 0.3) is 5.91 Å². The Bertz CT molecular complexity index is 1690. The first-order valence-corrected chi connectivity index (χ1v) is 18.6. The zero-order valence-electron chi connectivity index (χ0n) is 29.5. The summed E-state index contributed by atoms with van der Waals surface area (Å²) in [4.78, 5) is 50.7. The van der Waals surface area contributed by atoms with Gasteiger partial charge in [-0.15, -0.1) is 11.3 Å². The lowest BCUT2D eigenvalue weighted by Gasteiger charge is -2.39. The molecule has 0 bridgehead atoms. The standard InChI is InChI=1S/C40H50N4O4S/c1-39(2,3)34-15-14-33(49-34)36(45)43-32(37(46)44-23-31(24-44)38(47)48)20-25-6-8-29(9-7-25)35-41-21-30(22-42-35)27-12-10-26(11-13-27)28-16-18-40(4,5)19-17-28/h6-9,12,14-15,21-22,26,28,31-32H,10-11,13,16-20,23-24H2,1-5H3,(H,43,45)(H,47,48)/t26?,32-/m0/s1. The molecule has 1 saturated carbocycles. The maximum atomic E-state index is 13.5. The third-order valence-electron chi connectivity index (χ3n) is 10.9. The lowest BCUT2D eigenvalue weighted by molar-refractivity contribution is -0.153.